The van der Waals surface area contributed by atoms with Crippen molar-refractivity contribution in [2.75, 3.05) is 0 Å². The van der Waals surface area contributed by atoms with Gasteiger partial charge in [0.1, 0.15) is 0 Å². The Morgan fingerprint density at radius 1 is 0.923 bits per heavy atom. The molecule has 2 bridgehead atoms. The van der Waals surface area contributed by atoms with Gasteiger partial charge in [0.25, 0.3) is 0 Å². The summed E-state index contributed by atoms with van der Waals surface area (Å²) in [6.07, 6.45) is 9.84. The summed E-state index contributed by atoms with van der Waals surface area (Å²) in [6.45, 7) is 0. The van der Waals surface area contributed by atoms with Gasteiger partial charge in [0.2, 0.25) is 0 Å². The highest BCUT2D eigenvalue weighted by Gasteiger charge is 2.48. The molecular weight excluding hydrogens is 180 g/mol. The molecule has 0 aromatic rings. The zero-order valence-electron chi connectivity index (χ0n) is 8.06. The van der Waals surface area contributed by atoms with Gasteiger partial charge in [-0.2, -0.15) is 0 Å². The molecule has 0 nitrogen and oxygen atoms in total. The molecule has 3 aliphatic rings. The Balaban J connectivity index is 1.89. The van der Waals surface area contributed by atoms with Crippen LogP contribution in [0, 0.1) is 11.8 Å². The van der Waals surface area contributed by atoms with Crippen LogP contribution in [0.15, 0.2) is 11.1 Å². The van der Waals surface area contributed by atoms with E-state index in [2.05, 4.69) is 0 Å². The third kappa shape index (κ3) is 1.11. The second-order valence-corrected chi connectivity index (χ2v) is 5.36. The van der Waals surface area contributed by atoms with E-state index in [0.29, 0.717) is 5.38 Å². The topological polar surface area (TPSA) is 0 Å². The van der Waals surface area contributed by atoms with E-state index >= 15 is 0 Å². The fourth-order valence-corrected chi connectivity index (χ4v) is 4.11. The lowest BCUT2D eigenvalue weighted by Crippen LogP contribution is -2.45. The van der Waals surface area contributed by atoms with E-state index in [0.717, 1.165) is 11.8 Å². The third-order valence-electron chi connectivity index (χ3n) is 4.21. The molecule has 0 N–H and O–H groups in total. The molecule has 0 saturated heterocycles. The first-order valence-corrected chi connectivity index (χ1v) is 6.17. The first-order valence-electron chi connectivity index (χ1n) is 5.74. The van der Waals surface area contributed by atoms with Crippen LogP contribution in [0.4, 0.5) is 0 Å². The molecule has 0 aromatic carbocycles. The minimum atomic E-state index is 0.511. The van der Waals surface area contributed by atoms with Gasteiger partial charge in [-0.25, -0.2) is 0 Å². The molecule has 0 radical (unpaired) electrons. The molecule has 3 rings (SSSR count). The normalized spacial score (nSPS) is 43.6. The van der Waals surface area contributed by atoms with Gasteiger partial charge in [0, 0.05) is 5.38 Å². The van der Waals surface area contributed by atoms with E-state index < -0.39 is 0 Å². The largest absolute Gasteiger partial charge is 0.122 e. The molecule has 3 saturated carbocycles. The van der Waals surface area contributed by atoms with Crippen LogP contribution in [-0.4, -0.2) is 5.38 Å². The molecule has 3 aliphatic carbocycles. The summed E-state index contributed by atoms with van der Waals surface area (Å²) in [4.78, 5) is 0. The summed E-state index contributed by atoms with van der Waals surface area (Å²) < 4.78 is 0. The molecule has 0 aromatic heterocycles. The van der Waals surface area contributed by atoms with Crippen LogP contribution in [0.5, 0.6) is 0 Å². The van der Waals surface area contributed by atoms with Crippen LogP contribution in [0.2, 0.25) is 0 Å². The zero-order chi connectivity index (χ0) is 8.84. The van der Waals surface area contributed by atoms with E-state index in [1.807, 2.05) is 11.1 Å². The van der Waals surface area contributed by atoms with Crippen LogP contribution < -0.4 is 0 Å². The lowest BCUT2D eigenvalue weighted by Gasteiger charge is -2.50. The Labute approximate surface area is 85.3 Å². The monoisotopic (exact) mass is 196 g/mol. The summed E-state index contributed by atoms with van der Waals surface area (Å²) in [5.74, 6) is 1.60. The Kier molecular flexibility index (Phi) is 1.94. The minimum absolute atomic E-state index is 0.511. The van der Waals surface area contributed by atoms with Gasteiger partial charge >= 0.3 is 0 Å². The standard InChI is InChI=1S/C12H17Cl/c13-12-9-6-3-7-10(12)11(9)8-4-1-2-5-8/h9-10,12H,1-7H2/t9-,10+,12?. The number of rotatable bonds is 0. The summed E-state index contributed by atoms with van der Waals surface area (Å²) in [5, 5.41) is 0.511. The van der Waals surface area contributed by atoms with Crippen molar-refractivity contribution in [3.8, 4) is 0 Å². The van der Waals surface area contributed by atoms with Crippen LogP contribution in [0.3, 0.4) is 0 Å². The quantitative estimate of drug-likeness (QED) is 0.407. The van der Waals surface area contributed by atoms with Crippen molar-refractivity contribution >= 4 is 11.6 Å². The van der Waals surface area contributed by atoms with E-state index in [1.165, 1.54) is 44.9 Å². The molecule has 13 heavy (non-hydrogen) atoms. The number of alkyl halides is 1. The lowest BCUT2D eigenvalue weighted by atomic mass is 9.59. The molecule has 1 unspecified atom stereocenters. The number of hydrogen-bond acceptors (Lipinski definition) is 0. The first-order chi connectivity index (χ1) is 6.38. The Bertz CT molecular complexity index is 232. The van der Waals surface area contributed by atoms with Gasteiger partial charge in [-0.05, 0) is 50.4 Å². The predicted octanol–water partition coefficient (Wildman–Crippen LogP) is 3.89. The Hall–Kier alpha value is 0.0300. The maximum atomic E-state index is 6.36. The second kappa shape index (κ2) is 3.02. The van der Waals surface area contributed by atoms with Gasteiger partial charge in [-0.1, -0.05) is 17.6 Å². The number of allylic oxidation sites excluding steroid dienone is 2. The molecular formula is C12H17Cl. The molecule has 0 spiro atoms. The van der Waals surface area contributed by atoms with Gasteiger partial charge in [-0.3, -0.25) is 0 Å². The number of hydrogen-bond donors (Lipinski definition) is 0. The van der Waals surface area contributed by atoms with E-state index in [1.54, 1.807) is 0 Å². The summed E-state index contributed by atoms with van der Waals surface area (Å²) in [6, 6.07) is 0. The van der Waals surface area contributed by atoms with Crippen LogP contribution >= 0.6 is 11.6 Å². The highest BCUT2D eigenvalue weighted by molar-refractivity contribution is 6.22. The van der Waals surface area contributed by atoms with Crippen molar-refractivity contribution in [1.29, 1.82) is 0 Å². The minimum Gasteiger partial charge on any atom is -0.122 e. The van der Waals surface area contributed by atoms with Gasteiger partial charge in [0.05, 0.1) is 0 Å². The van der Waals surface area contributed by atoms with E-state index in [9.17, 15) is 0 Å². The maximum Gasteiger partial charge on any atom is 0.0467 e. The SMILES string of the molecule is ClC1[C@@H]2CCC[C@H]1C2=C1CCCC1. The first kappa shape index (κ1) is 8.35. The van der Waals surface area contributed by atoms with Crippen molar-refractivity contribution in [3.05, 3.63) is 11.1 Å². The van der Waals surface area contributed by atoms with Crippen molar-refractivity contribution in [3.63, 3.8) is 0 Å². The molecule has 0 amide bonds. The fraction of sp³-hybridized carbons (Fsp3) is 0.833. The molecule has 0 aliphatic heterocycles. The molecule has 3 fully saturated rings. The third-order valence-corrected chi connectivity index (χ3v) is 4.82. The number of halogens is 1. The number of fused-ring (bicyclic) bond motifs is 2. The van der Waals surface area contributed by atoms with Gasteiger partial charge in [-0.15, -0.1) is 11.6 Å². The van der Waals surface area contributed by atoms with Gasteiger partial charge in [0.15, 0.2) is 0 Å². The zero-order valence-corrected chi connectivity index (χ0v) is 8.82. The molecule has 3 atom stereocenters. The van der Waals surface area contributed by atoms with Crippen LogP contribution in [0.25, 0.3) is 0 Å². The highest BCUT2D eigenvalue weighted by Crippen LogP contribution is 2.56. The van der Waals surface area contributed by atoms with E-state index in [4.69, 9.17) is 11.6 Å². The maximum absolute atomic E-state index is 6.36. The summed E-state index contributed by atoms with van der Waals surface area (Å²) in [5.41, 5.74) is 3.63. The van der Waals surface area contributed by atoms with Crippen molar-refractivity contribution in [2.24, 2.45) is 11.8 Å². The van der Waals surface area contributed by atoms with E-state index in [-0.39, 0.29) is 0 Å². The van der Waals surface area contributed by atoms with Crippen LogP contribution in [0.1, 0.15) is 44.9 Å². The lowest BCUT2D eigenvalue weighted by molar-refractivity contribution is 0.219. The Morgan fingerprint density at radius 3 is 2.08 bits per heavy atom. The average Bonchev–Trinajstić information content (AvgIpc) is 2.69. The second-order valence-electron chi connectivity index (χ2n) is 4.85. The van der Waals surface area contributed by atoms with Crippen molar-refractivity contribution in [1.82, 2.24) is 0 Å². The molecule has 0 heterocycles. The molecule has 1 heteroatoms. The fourth-order valence-electron chi connectivity index (χ4n) is 3.58. The van der Waals surface area contributed by atoms with Crippen LogP contribution in [-0.2, 0) is 0 Å². The van der Waals surface area contributed by atoms with Gasteiger partial charge < -0.3 is 0 Å². The highest BCUT2D eigenvalue weighted by atomic mass is 35.5. The van der Waals surface area contributed by atoms with Crippen molar-refractivity contribution in [2.45, 2.75) is 50.3 Å². The molecule has 72 valence electrons. The average molecular weight is 197 g/mol. The van der Waals surface area contributed by atoms with Crippen molar-refractivity contribution < 1.29 is 0 Å². The summed E-state index contributed by atoms with van der Waals surface area (Å²) in [7, 11) is 0. The summed E-state index contributed by atoms with van der Waals surface area (Å²) >= 11 is 6.36. The smallest absolute Gasteiger partial charge is 0.0467 e. The Morgan fingerprint density at radius 2 is 1.54 bits per heavy atom. The predicted molar refractivity (Wildman–Crippen MR) is 56.0 cm³/mol.